The summed E-state index contributed by atoms with van der Waals surface area (Å²) in [5, 5.41) is 5.78. The standard InChI is InChI=1S/C19H21ClN2O4S/c1-13-3-9-16(10-4-13)21-19(24)17(11-12-27(2,25)26)22-18(23)14-5-7-15(20)8-6-14/h3-10,17H,11-12H2,1-2H3,(H,21,24)(H,22,23)/t17-/m1/s1. The van der Waals surface area contributed by atoms with E-state index in [4.69, 9.17) is 11.6 Å². The van der Waals surface area contributed by atoms with Crippen LogP contribution in [0.5, 0.6) is 0 Å². The van der Waals surface area contributed by atoms with Crippen molar-refractivity contribution in [1.29, 1.82) is 0 Å². The molecule has 2 aromatic carbocycles. The third kappa shape index (κ3) is 7.03. The van der Waals surface area contributed by atoms with Crippen LogP contribution in [0.15, 0.2) is 48.5 Å². The SMILES string of the molecule is Cc1ccc(NC(=O)[C@@H](CCS(C)(=O)=O)NC(=O)c2ccc(Cl)cc2)cc1. The third-order valence-electron chi connectivity index (χ3n) is 3.82. The molecule has 27 heavy (non-hydrogen) atoms. The minimum atomic E-state index is -3.29. The zero-order valence-electron chi connectivity index (χ0n) is 15.0. The van der Waals surface area contributed by atoms with E-state index in [1.807, 2.05) is 19.1 Å². The molecule has 0 radical (unpaired) electrons. The van der Waals surface area contributed by atoms with E-state index in [-0.39, 0.29) is 12.2 Å². The highest BCUT2D eigenvalue weighted by atomic mass is 35.5. The van der Waals surface area contributed by atoms with Gasteiger partial charge in [-0.2, -0.15) is 0 Å². The van der Waals surface area contributed by atoms with Crippen molar-refractivity contribution in [2.45, 2.75) is 19.4 Å². The van der Waals surface area contributed by atoms with Gasteiger partial charge in [0.1, 0.15) is 15.9 Å². The molecule has 0 aliphatic carbocycles. The number of carbonyl (C=O) groups is 2. The summed E-state index contributed by atoms with van der Waals surface area (Å²) in [5.41, 5.74) is 1.93. The van der Waals surface area contributed by atoms with Crippen molar-refractivity contribution in [3.63, 3.8) is 0 Å². The Labute approximate surface area is 163 Å². The molecule has 2 amide bonds. The van der Waals surface area contributed by atoms with Gasteiger partial charge in [-0.05, 0) is 49.7 Å². The van der Waals surface area contributed by atoms with Crippen LogP contribution in [0, 0.1) is 6.92 Å². The molecule has 0 fully saturated rings. The number of carbonyl (C=O) groups excluding carboxylic acids is 2. The lowest BCUT2D eigenvalue weighted by Gasteiger charge is -2.18. The van der Waals surface area contributed by atoms with Crippen molar-refractivity contribution in [2.75, 3.05) is 17.3 Å². The van der Waals surface area contributed by atoms with Crippen LogP contribution < -0.4 is 10.6 Å². The zero-order chi connectivity index (χ0) is 20.0. The number of sulfone groups is 1. The van der Waals surface area contributed by atoms with Crippen molar-refractivity contribution >= 4 is 38.9 Å². The average molecular weight is 409 g/mol. The fourth-order valence-corrected chi connectivity index (χ4v) is 3.10. The van der Waals surface area contributed by atoms with Crippen molar-refractivity contribution < 1.29 is 18.0 Å². The Balaban J connectivity index is 2.13. The molecule has 0 aliphatic heterocycles. The summed E-state index contributed by atoms with van der Waals surface area (Å²) in [6.45, 7) is 1.92. The lowest BCUT2D eigenvalue weighted by Crippen LogP contribution is -2.44. The first kappa shape index (κ1) is 20.9. The number of halogens is 1. The lowest BCUT2D eigenvalue weighted by atomic mass is 10.1. The molecule has 0 aromatic heterocycles. The van der Waals surface area contributed by atoms with Crippen molar-refractivity contribution in [1.82, 2.24) is 5.32 Å². The fourth-order valence-electron chi connectivity index (χ4n) is 2.31. The summed E-state index contributed by atoms with van der Waals surface area (Å²) < 4.78 is 23.0. The number of aryl methyl sites for hydroxylation is 1. The molecule has 0 heterocycles. The smallest absolute Gasteiger partial charge is 0.251 e. The number of nitrogens with one attached hydrogen (secondary N) is 2. The first-order valence-electron chi connectivity index (χ1n) is 8.26. The normalized spacial score (nSPS) is 12.3. The zero-order valence-corrected chi connectivity index (χ0v) is 16.6. The summed E-state index contributed by atoms with van der Waals surface area (Å²) in [7, 11) is -3.29. The maximum Gasteiger partial charge on any atom is 0.251 e. The highest BCUT2D eigenvalue weighted by molar-refractivity contribution is 7.90. The first-order chi connectivity index (χ1) is 12.6. The molecule has 6 nitrogen and oxygen atoms in total. The second-order valence-electron chi connectivity index (χ2n) is 6.31. The fraction of sp³-hybridized carbons (Fsp3) is 0.263. The van der Waals surface area contributed by atoms with E-state index in [9.17, 15) is 18.0 Å². The first-order valence-corrected chi connectivity index (χ1v) is 10.7. The van der Waals surface area contributed by atoms with Crippen LogP contribution >= 0.6 is 11.6 Å². The molecule has 2 rings (SSSR count). The highest BCUT2D eigenvalue weighted by Crippen LogP contribution is 2.12. The summed E-state index contributed by atoms with van der Waals surface area (Å²) >= 11 is 5.81. The summed E-state index contributed by atoms with van der Waals surface area (Å²) in [6.07, 6.45) is 1.05. The Morgan fingerprint density at radius 2 is 1.63 bits per heavy atom. The van der Waals surface area contributed by atoms with Gasteiger partial charge in [0.15, 0.2) is 0 Å². The van der Waals surface area contributed by atoms with Gasteiger partial charge in [0.2, 0.25) is 5.91 Å². The van der Waals surface area contributed by atoms with Gasteiger partial charge >= 0.3 is 0 Å². The van der Waals surface area contributed by atoms with Gasteiger partial charge in [-0.1, -0.05) is 29.3 Å². The second-order valence-corrected chi connectivity index (χ2v) is 9.00. The van der Waals surface area contributed by atoms with Crippen LogP contribution in [0.2, 0.25) is 5.02 Å². The Morgan fingerprint density at radius 1 is 1.04 bits per heavy atom. The van der Waals surface area contributed by atoms with Crippen LogP contribution in [0.25, 0.3) is 0 Å². The van der Waals surface area contributed by atoms with Gasteiger partial charge in [-0.15, -0.1) is 0 Å². The Kier molecular flexibility index (Phi) is 6.98. The predicted molar refractivity (Wildman–Crippen MR) is 107 cm³/mol. The molecule has 0 bridgehead atoms. The third-order valence-corrected chi connectivity index (χ3v) is 5.05. The quantitative estimate of drug-likeness (QED) is 0.736. The van der Waals surface area contributed by atoms with Gasteiger partial charge in [0.25, 0.3) is 5.91 Å². The molecule has 0 spiro atoms. The minimum absolute atomic E-state index is 0.0319. The van der Waals surface area contributed by atoms with Gasteiger partial charge in [0.05, 0.1) is 5.75 Å². The predicted octanol–water partition coefficient (Wildman–Crippen LogP) is 2.82. The molecule has 2 aromatic rings. The van der Waals surface area contributed by atoms with Gasteiger partial charge in [-0.3, -0.25) is 9.59 Å². The van der Waals surface area contributed by atoms with E-state index in [1.54, 1.807) is 24.3 Å². The van der Waals surface area contributed by atoms with Crippen molar-refractivity contribution in [2.24, 2.45) is 0 Å². The molecule has 0 saturated heterocycles. The Hall–Kier alpha value is -2.38. The molecular weight excluding hydrogens is 388 g/mol. The molecule has 0 unspecified atom stereocenters. The van der Waals surface area contributed by atoms with Gasteiger partial charge in [0, 0.05) is 22.5 Å². The molecule has 8 heteroatoms. The molecule has 0 saturated carbocycles. The highest BCUT2D eigenvalue weighted by Gasteiger charge is 2.23. The Morgan fingerprint density at radius 3 is 2.19 bits per heavy atom. The lowest BCUT2D eigenvalue weighted by molar-refractivity contribution is -0.118. The minimum Gasteiger partial charge on any atom is -0.340 e. The molecular formula is C19H21ClN2O4S. The summed E-state index contributed by atoms with van der Waals surface area (Å²) in [5.74, 6) is -1.19. The van der Waals surface area contributed by atoms with Crippen LogP contribution in [-0.4, -0.2) is 38.3 Å². The number of hydrogen-bond donors (Lipinski definition) is 2. The molecule has 0 aliphatic rings. The van der Waals surface area contributed by atoms with Crippen LogP contribution in [-0.2, 0) is 14.6 Å². The van der Waals surface area contributed by atoms with E-state index in [2.05, 4.69) is 10.6 Å². The van der Waals surface area contributed by atoms with E-state index in [0.29, 0.717) is 16.3 Å². The van der Waals surface area contributed by atoms with Crippen molar-refractivity contribution in [3.8, 4) is 0 Å². The van der Waals surface area contributed by atoms with Crippen LogP contribution in [0.4, 0.5) is 5.69 Å². The van der Waals surface area contributed by atoms with E-state index in [1.165, 1.54) is 12.1 Å². The number of rotatable bonds is 7. The number of benzene rings is 2. The Bertz CT molecular complexity index is 910. The van der Waals surface area contributed by atoms with E-state index in [0.717, 1.165) is 11.8 Å². The monoisotopic (exact) mass is 408 g/mol. The summed E-state index contributed by atoms with van der Waals surface area (Å²) in [6, 6.07) is 12.4. The van der Waals surface area contributed by atoms with Crippen molar-refractivity contribution in [3.05, 3.63) is 64.7 Å². The topological polar surface area (TPSA) is 92.3 Å². The van der Waals surface area contributed by atoms with E-state index >= 15 is 0 Å². The molecule has 1 atom stereocenters. The maximum absolute atomic E-state index is 12.6. The average Bonchev–Trinajstić information content (AvgIpc) is 2.60. The number of amides is 2. The van der Waals surface area contributed by atoms with Crippen LogP contribution in [0.3, 0.4) is 0 Å². The van der Waals surface area contributed by atoms with Crippen LogP contribution in [0.1, 0.15) is 22.3 Å². The molecule has 144 valence electrons. The maximum atomic E-state index is 12.6. The number of anilines is 1. The van der Waals surface area contributed by atoms with Gasteiger partial charge in [-0.25, -0.2) is 8.42 Å². The summed E-state index contributed by atoms with van der Waals surface area (Å²) in [4.78, 5) is 25.0. The second kappa shape index (κ2) is 9.01. The molecule has 2 N–H and O–H groups in total. The van der Waals surface area contributed by atoms with E-state index < -0.39 is 27.7 Å². The van der Waals surface area contributed by atoms with Gasteiger partial charge < -0.3 is 10.6 Å². The largest absolute Gasteiger partial charge is 0.340 e. The number of hydrogen-bond acceptors (Lipinski definition) is 4.